The minimum atomic E-state index is -0.682. The van der Waals surface area contributed by atoms with E-state index in [9.17, 15) is 9.90 Å². The molecule has 1 aliphatic heterocycles. The molecule has 1 saturated heterocycles. The SMILES string of the molecule is CCC(C)Oc1ccc2ccccc2c1CN1CCCC(C(=O)O)C1. The molecule has 2 atom stereocenters. The molecule has 0 radical (unpaired) electrons. The molecule has 25 heavy (non-hydrogen) atoms. The van der Waals surface area contributed by atoms with Crippen LogP contribution in [0, 0.1) is 5.92 Å². The highest BCUT2D eigenvalue weighted by atomic mass is 16.5. The van der Waals surface area contributed by atoms with Crippen molar-refractivity contribution in [3.05, 3.63) is 42.0 Å². The zero-order chi connectivity index (χ0) is 17.8. The van der Waals surface area contributed by atoms with Crippen molar-refractivity contribution in [3.63, 3.8) is 0 Å². The number of likely N-dealkylation sites (tertiary alicyclic amines) is 1. The van der Waals surface area contributed by atoms with Gasteiger partial charge >= 0.3 is 5.97 Å². The summed E-state index contributed by atoms with van der Waals surface area (Å²) in [6, 6.07) is 12.5. The fourth-order valence-electron chi connectivity index (χ4n) is 3.51. The molecule has 1 heterocycles. The molecule has 1 N–H and O–H groups in total. The van der Waals surface area contributed by atoms with Crippen molar-refractivity contribution >= 4 is 16.7 Å². The number of benzene rings is 2. The van der Waals surface area contributed by atoms with E-state index in [-0.39, 0.29) is 12.0 Å². The summed E-state index contributed by atoms with van der Waals surface area (Å²) < 4.78 is 6.18. The summed E-state index contributed by atoms with van der Waals surface area (Å²) >= 11 is 0. The normalized spacial score (nSPS) is 19.7. The van der Waals surface area contributed by atoms with Crippen LogP contribution in [0.25, 0.3) is 10.8 Å². The van der Waals surface area contributed by atoms with Gasteiger partial charge in [-0.3, -0.25) is 9.69 Å². The standard InChI is InChI=1S/C21H27NO3/c1-3-15(2)25-20-11-10-16-7-4-5-9-18(16)19(20)14-22-12-6-8-17(13-22)21(23)24/h4-5,7,9-11,15,17H,3,6,8,12-14H2,1-2H3,(H,23,24). The van der Waals surface area contributed by atoms with Gasteiger partial charge in [0.25, 0.3) is 0 Å². The first-order valence-electron chi connectivity index (χ1n) is 9.21. The Balaban J connectivity index is 1.92. The molecule has 134 valence electrons. The Hall–Kier alpha value is -2.07. The van der Waals surface area contributed by atoms with Crippen LogP contribution in [-0.2, 0) is 11.3 Å². The first-order valence-corrected chi connectivity index (χ1v) is 9.21. The highest BCUT2D eigenvalue weighted by molar-refractivity contribution is 5.87. The van der Waals surface area contributed by atoms with Crippen LogP contribution >= 0.6 is 0 Å². The van der Waals surface area contributed by atoms with Gasteiger partial charge in [-0.1, -0.05) is 37.3 Å². The van der Waals surface area contributed by atoms with Crippen LogP contribution in [0.3, 0.4) is 0 Å². The quantitative estimate of drug-likeness (QED) is 0.850. The van der Waals surface area contributed by atoms with Crippen molar-refractivity contribution in [2.24, 2.45) is 5.92 Å². The molecule has 1 aliphatic rings. The number of hydrogen-bond donors (Lipinski definition) is 1. The Morgan fingerprint density at radius 1 is 1.32 bits per heavy atom. The lowest BCUT2D eigenvalue weighted by molar-refractivity contribution is -0.143. The van der Waals surface area contributed by atoms with Crippen molar-refractivity contribution in [2.75, 3.05) is 13.1 Å². The van der Waals surface area contributed by atoms with Gasteiger partial charge in [0.05, 0.1) is 12.0 Å². The first-order chi connectivity index (χ1) is 12.1. The van der Waals surface area contributed by atoms with Gasteiger partial charge in [0, 0.05) is 18.7 Å². The zero-order valence-corrected chi connectivity index (χ0v) is 15.1. The van der Waals surface area contributed by atoms with Gasteiger partial charge in [-0.05, 0) is 49.6 Å². The summed E-state index contributed by atoms with van der Waals surface area (Å²) in [7, 11) is 0. The summed E-state index contributed by atoms with van der Waals surface area (Å²) in [4.78, 5) is 13.6. The van der Waals surface area contributed by atoms with E-state index in [2.05, 4.69) is 49.1 Å². The Labute approximate surface area is 149 Å². The van der Waals surface area contributed by atoms with Gasteiger partial charge in [-0.25, -0.2) is 0 Å². The Morgan fingerprint density at radius 2 is 2.12 bits per heavy atom. The van der Waals surface area contributed by atoms with E-state index in [0.29, 0.717) is 6.54 Å². The maximum Gasteiger partial charge on any atom is 0.307 e. The topological polar surface area (TPSA) is 49.8 Å². The van der Waals surface area contributed by atoms with E-state index in [1.807, 2.05) is 6.07 Å². The summed E-state index contributed by atoms with van der Waals surface area (Å²) in [5.41, 5.74) is 1.17. The maximum absolute atomic E-state index is 11.4. The molecule has 4 nitrogen and oxygen atoms in total. The molecule has 3 rings (SSSR count). The molecule has 0 aromatic heterocycles. The van der Waals surface area contributed by atoms with Gasteiger partial charge in [0.1, 0.15) is 5.75 Å². The molecule has 0 aliphatic carbocycles. The van der Waals surface area contributed by atoms with Gasteiger partial charge in [-0.2, -0.15) is 0 Å². The zero-order valence-electron chi connectivity index (χ0n) is 15.1. The number of nitrogens with zero attached hydrogens (tertiary/aromatic N) is 1. The molecule has 0 spiro atoms. The monoisotopic (exact) mass is 341 g/mol. The number of ether oxygens (including phenoxy) is 1. The number of piperidine rings is 1. The number of rotatable bonds is 6. The number of carboxylic acid groups (broad SMARTS) is 1. The van der Waals surface area contributed by atoms with E-state index in [1.54, 1.807) is 0 Å². The number of fused-ring (bicyclic) bond motifs is 1. The second-order valence-corrected chi connectivity index (χ2v) is 7.01. The molecule has 2 aromatic rings. The highest BCUT2D eigenvalue weighted by Crippen LogP contribution is 2.31. The summed E-state index contributed by atoms with van der Waals surface area (Å²) in [5.74, 6) is -0.0214. The van der Waals surface area contributed by atoms with Crippen LogP contribution in [0.2, 0.25) is 0 Å². The van der Waals surface area contributed by atoms with E-state index in [4.69, 9.17) is 4.74 Å². The second kappa shape index (κ2) is 7.87. The van der Waals surface area contributed by atoms with E-state index in [1.165, 1.54) is 16.3 Å². The Kier molecular flexibility index (Phi) is 5.59. The van der Waals surface area contributed by atoms with Crippen molar-refractivity contribution < 1.29 is 14.6 Å². The van der Waals surface area contributed by atoms with E-state index < -0.39 is 5.97 Å². The molecular formula is C21H27NO3. The third-order valence-corrected chi connectivity index (χ3v) is 5.14. The van der Waals surface area contributed by atoms with Crippen molar-refractivity contribution in [2.45, 2.75) is 45.8 Å². The fraction of sp³-hybridized carbons (Fsp3) is 0.476. The van der Waals surface area contributed by atoms with Gasteiger partial charge in [0.15, 0.2) is 0 Å². The lowest BCUT2D eigenvalue weighted by atomic mass is 9.96. The maximum atomic E-state index is 11.4. The fourth-order valence-corrected chi connectivity index (χ4v) is 3.51. The third kappa shape index (κ3) is 4.13. The van der Waals surface area contributed by atoms with Crippen LogP contribution in [0.1, 0.15) is 38.7 Å². The van der Waals surface area contributed by atoms with Crippen molar-refractivity contribution in [1.82, 2.24) is 4.90 Å². The number of hydrogen-bond acceptors (Lipinski definition) is 3. The average Bonchev–Trinajstić information content (AvgIpc) is 2.63. The summed E-state index contributed by atoms with van der Waals surface area (Å²) in [6.07, 6.45) is 2.82. The predicted octanol–water partition coefficient (Wildman–Crippen LogP) is 4.31. The second-order valence-electron chi connectivity index (χ2n) is 7.01. The van der Waals surface area contributed by atoms with Crippen LogP contribution in [0.4, 0.5) is 0 Å². The molecule has 0 saturated carbocycles. The molecular weight excluding hydrogens is 314 g/mol. The molecule has 0 bridgehead atoms. The lowest BCUT2D eigenvalue weighted by Gasteiger charge is -2.31. The van der Waals surface area contributed by atoms with E-state index >= 15 is 0 Å². The molecule has 2 aromatic carbocycles. The smallest absolute Gasteiger partial charge is 0.307 e. The molecule has 1 fully saturated rings. The van der Waals surface area contributed by atoms with Crippen LogP contribution in [-0.4, -0.2) is 35.2 Å². The number of aliphatic carboxylic acids is 1. The summed E-state index contributed by atoms with van der Waals surface area (Å²) in [6.45, 7) is 6.49. The minimum Gasteiger partial charge on any atom is -0.490 e. The van der Waals surface area contributed by atoms with Gasteiger partial charge in [-0.15, -0.1) is 0 Å². The van der Waals surface area contributed by atoms with Gasteiger partial charge < -0.3 is 9.84 Å². The van der Waals surface area contributed by atoms with Crippen LogP contribution in [0.15, 0.2) is 36.4 Å². The van der Waals surface area contributed by atoms with Crippen LogP contribution in [0.5, 0.6) is 5.75 Å². The predicted molar refractivity (Wildman–Crippen MR) is 100.0 cm³/mol. The first kappa shape index (κ1) is 17.7. The van der Waals surface area contributed by atoms with Crippen molar-refractivity contribution in [3.8, 4) is 5.75 Å². The van der Waals surface area contributed by atoms with Gasteiger partial charge in [0.2, 0.25) is 0 Å². The lowest BCUT2D eigenvalue weighted by Crippen LogP contribution is -2.38. The number of carbonyl (C=O) groups is 1. The summed E-state index contributed by atoms with van der Waals surface area (Å²) in [5, 5.41) is 11.7. The number of carboxylic acids is 1. The minimum absolute atomic E-state index is 0.160. The Morgan fingerprint density at radius 3 is 2.88 bits per heavy atom. The Bertz CT molecular complexity index is 743. The molecule has 2 unspecified atom stereocenters. The van der Waals surface area contributed by atoms with E-state index in [0.717, 1.165) is 38.1 Å². The molecule has 4 heteroatoms. The average molecular weight is 341 g/mol. The highest BCUT2D eigenvalue weighted by Gasteiger charge is 2.26. The van der Waals surface area contributed by atoms with Crippen LogP contribution < -0.4 is 4.74 Å². The van der Waals surface area contributed by atoms with Crippen molar-refractivity contribution in [1.29, 1.82) is 0 Å². The molecule has 0 amide bonds. The third-order valence-electron chi connectivity index (χ3n) is 5.14. The largest absolute Gasteiger partial charge is 0.490 e.